The number of carbonyl (C=O) groups is 2. The maximum atomic E-state index is 13.7. The second-order valence-electron chi connectivity index (χ2n) is 5.96. The Labute approximate surface area is 140 Å². The Morgan fingerprint density at radius 2 is 2.22 bits per heavy atom. The minimum atomic E-state index is -0.451. The molecular formula is C16H21ClFN3O2. The van der Waals surface area contributed by atoms with Crippen LogP contribution >= 0.6 is 11.6 Å². The summed E-state index contributed by atoms with van der Waals surface area (Å²) < 4.78 is 13.7. The van der Waals surface area contributed by atoms with Gasteiger partial charge < -0.3 is 15.1 Å². The first-order chi connectivity index (χ1) is 10.9. The Balaban J connectivity index is 1.88. The molecule has 126 valence electrons. The van der Waals surface area contributed by atoms with Crippen molar-refractivity contribution >= 4 is 23.4 Å². The van der Waals surface area contributed by atoms with Gasteiger partial charge in [0.05, 0.1) is 5.92 Å². The second-order valence-corrected chi connectivity index (χ2v) is 6.37. The molecule has 1 aromatic carbocycles. The molecule has 1 heterocycles. The van der Waals surface area contributed by atoms with Gasteiger partial charge in [0.1, 0.15) is 5.82 Å². The molecule has 23 heavy (non-hydrogen) atoms. The number of nitrogens with one attached hydrogen (secondary N) is 1. The van der Waals surface area contributed by atoms with Gasteiger partial charge in [-0.2, -0.15) is 0 Å². The predicted molar refractivity (Wildman–Crippen MR) is 86.5 cm³/mol. The summed E-state index contributed by atoms with van der Waals surface area (Å²) in [4.78, 5) is 27.8. The largest absolute Gasteiger partial charge is 0.352 e. The van der Waals surface area contributed by atoms with Crippen LogP contribution in [-0.4, -0.2) is 55.3 Å². The molecule has 0 unspecified atom stereocenters. The number of rotatable bonds is 6. The third-order valence-electron chi connectivity index (χ3n) is 3.90. The summed E-state index contributed by atoms with van der Waals surface area (Å²) in [5, 5.41) is 2.95. The van der Waals surface area contributed by atoms with Crippen molar-refractivity contribution in [2.45, 2.75) is 13.0 Å². The molecule has 0 aliphatic carbocycles. The lowest BCUT2D eigenvalue weighted by molar-refractivity contribution is -0.129. The summed E-state index contributed by atoms with van der Waals surface area (Å²) in [5.74, 6) is -1.11. The van der Waals surface area contributed by atoms with Crippen molar-refractivity contribution in [3.8, 4) is 0 Å². The van der Waals surface area contributed by atoms with E-state index in [-0.39, 0.29) is 35.4 Å². The fraction of sp³-hybridized carbons (Fsp3) is 0.500. The number of nitrogens with zero attached hydrogens (tertiary/aromatic N) is 2. The number of hydrogen-bond donors (Lipinski definition) is 1. The van der Waals surface area contributed by atoms with Gasteiger partial charge in [-0.3, -0.25) is 9.59 Å². The van der Waals surface area contributed by atoms with Crippen molar-refractivity contribution in [3.05, 3.63) is 34.6 Å². The average Bonchev–Trinajstić information content (AvgIpc) is 2.85. The van der Waals surface area contributed by atoms with E-state index < -0.39 is 11.7 Å². The topological polar surface area (TPSA) is 52.6 Å². The van der Waals surface area contributed by atoms with Crippen molar-refractivity contribution in [2.24, 2.45) is 5.92 Å². The quantitative estimate of drug-likeness (QED) is 0.853. The Kier molecular flexibility index (Phi) is 5.96. The van der Waals surface area contributed by atoms with Crippen LogP contribution in [0.2, 0.25) is 5.02 Å². The Hall–Kier alpha value is -1.66. The monoisotopic (exact) mass is 341 g/mol. The molecule has 0 radical (unpaired) electrons. The highest BCUT2D eigenvalue weighted by Gasteiger charge is 2.33. The van der Waals surface area contributed by atoms with Crippen molar-refractivity contribution < 1.29 is 14.0 Å². The van der Waals surface area contributed by atoms with Crippen molar-refractivity contribution in [1.29, 1.82) is 0 Å². The highest BCUT2D eigenvalue weighted by atomic mass is 35.5. The predicted octanol–water partition coefficient (Wildman–Crippen LogP) is 1.51. The molecule has 0 saturated carbocycles. The number of halogens is 2. The molecule has 7 heteroatoms. The highest BCUT2D eigenvalue weighted by molar-refractivity contribution is 6.31. The van der Waals surface area contributed by atoms with Crippen molar-refractivity contribution in [1.82, 2.24) is 15.1 Å². The number of amides is 2. The second kappa shape index (κ2) is 7.75. The Morgan fingerprint density at radius 1 is 1.48 bits per heavy atom. The van der Waals surface area contributed by atoms with Crippen molar-refractivity contribution in [3.63, 3.8) is 0 Å². The first-order valence-corrected chi connectivity index (χ1v) is 7.89. The smallest absolute Gasteiger partial charge is 0.225 e. The van der Waals surface area contributed by atoms with E-state index in [4.69, 9.17) is 11.6 Å². The molecule has 1 saturated heterocycles. The first kappa shape index (κ1) is 17.7. The van der Waals surface area contributed by atoms with Gasteiger partial charge in [-0.1, -0.05) is 17.7 Å². The summed E-state index contributed by atoms with van der Waals surface area (Å²) in [6, 6.07) is 4.39. The summed E-state index contributed by atoms with van der Waals surface area (Å²) in [7, 11) is 3.87. The zero-order valence-corrected chi connectivity index (χ0v) is 14.1. The van der Waals surface area contributed by atoms with E-state index in [0.717, 1.165) is 6.54 Å². The zero-order chi connectivity index (χ0) is 17.0. The van der Waals surface area contributed by atoms with E-state index in [2.05, 4.69) is 5.32 Å². The van der Waals surface area contributed by atoms with Gasteiger partial charge in [0.2, 0.25) is 11.8 Å². The Morgan fingerprint density at radius 3 is 2.87 bits per heavy atom. The van der Waals surface area contributed by atoms with Crippen LogP contribution in [0.25, 0.3) is 0 Å². The van der Waals surface area contributed by atoms with E-state index >= 15 is 0 Å². The van der Waals surface area contributed by atoms with E-state index in [1.54, 1.807) is 11.0 Å². The fourth-order valence-corrected chi connectivity index (χ4v) is 2.74. The zero-order valence-electron chi connectivity index (χ0n) is 13.3. The molecule has 0 spiro atoms. The molecule has 0 aromatic heterocycles. The van der Waals surface area contributed by atoms with Crippen LogP contribution in [0.3, 0.4) is 0 Å². The molecule has 1 atom stereocenters. The minimum Gasteiger partial charge on any atom is -0.352 e. The lowest BCUT2D eigenvalue weighted by Gasteiger charge is -2.19. The Bertz CT molecular complexity index is 574. The van der Waals surface area contributed by atoms with E-state index in [1.165, 1.54) is 12.1 Å². The summed E-state index contributed by atoms with van der Waals surface area (Å²) in [6.07, 6.45) is 0.199. The SMILES string of the molecule is CN(C)CCN1C[C@H](C(=O)NCc2c(F)cccc2Cl)CC1=O. The molecule has 0 bridgehead atoms. The molecule has 2 amide bonds. The lowest BCUT2D eigenvalue weighted by atomic mass is 10.1. The van der Waals surface area contributed by atoms with Crippen LogP contribution in [0.4, 0.5) is 4.39 Å². The van der Waals surface area contributed by atoms with Gasteiger partial charge in [-0.05, 0) is 26.2 Å². The van der Waals surface area contributed by atoms with Gasteiger partial charge in [0.25, 0.3) is 0 Å². The number of benzene rings is 1. The van der Waals surface area contributed by atoms with E-state index in [0.29, 0.717) is 13.1 Å². The molecule has 1 aromatic rings. The molecule has 1 fully saturated rings. The summed E-state index contributed by atoms with van der Waals surface area (Å²) >= 11 is 5.93. The average molecular weight is 342 g/mol. The standard InChI is InChI=1S/C16H21ClFN3O2/c1-20(2)6-7-21-10-11(8-15(21)22)16(23)19-9-12-13(17)4-3-5-14(12)18/h3-5,11H,6-10H2,1-2H3,(H,19,23)/t11-/m1/s1. The van der Waals surface area contributed by atoms with Gasteiger partial charge in [-0.25, -0.2) is 4.39 Å². The maximum Gasteiger partial charge on any atom is 0.225 e. The fourth-order valence-electron chi connectivity index (χ4n) is 2.51. The summed E-state index contributed by atoms with van der Waals surface area (Å²) in [5.41, 5.74) is 0.260. The highest BCUT2D eigenvalue weighted by Crippen LogP contribution is 2.20. The molecule has 5 nitrogen and oxygen atoms in total. The number of hydrogen-bond acceptors (Lipinski definition) is 3. The lowest BCUT2D eigenvalue weighted by Crippen LogP contribution is -2.35. The molecule has 1 aliphatic heterocycles. The van der Waals surface area contributed by atoms with Crippen molar-refractivity contribution in [2.75, 3.05) is 33.7 Å². The normalized spacial score (nSPS) is 17.9. The van der Waals surface area contributed by atoms with Crippen LogP contribution in [0.15, 0.2) is 18.2 Å². The molecule has 1 N–H and O–H groups in total. The first-order valence-electron chi connectivity index (χ1n) is 7.51. The van der Waals surface area contributed by atoms with Crippen LogP contribution in [0, 0.1) is 11.7 Å². The number of likely N-dealkylation sites (tertiary alicyclic amines) is 1. The van der Waals surface area contributed by atoms with Gasteiger partial charge in [-0.15, -0.1) is 0 Å². The number of likely N-dealkylation sites (N-methyl/N-ethyl adjacent to an activating group) is 1. The van der Waals surface area contributed by atoms with E-state index in [9.17, 15) is 14.0 Å². The van der Waals surface area contributed by atoms with Gasteiger partial charge >= 0.3 is 0 Å². The summed E-state index contributed by atoms with van der Waals surface area (Å²) in [6.45, 7) is 1.79. The van der Waals surface area contributed by atoms with Crippen LogP contribution < -0.4 is 5.32 Å². The third-order valence-corrected chi connectivity index (χ3v) is 4.26. The minimum absolute atomic E-state index is 0.0177. The van der Waals surface area contributed by atoms with Crippen LogP contribution in [0.1, 0.15) is 12.0 Å². The van der Waals surface area contributed by atoms with Gasteiger partial charge in [0.15, 0.2) is 0 Å². The third kappa shape index (κ3) is 4.65. The van der Waals surface area contributed by atoms with Crippen LogP contribution in [0.5, 0.6) is 0 Å². The molecule has 2 rings (SSSR count). The maximum absolute atomic E-state index is 13.7. The van der Waals surface area contributed by atoms with E-state index in [1.807, 2.05) is 19.0 Å². The molecule has 1 aliphatic rings. The van der Waals surface area contributed by atoms with Crippen LogP contribution in [-0.2, 0) is 16.1 Å². The molecular weight excluding hydrogens is 321 g/mol. The number of carbonyl (C=O) groups excluding carboxylic acids is 2. The van der Waals surface area contributed by atoms with Gasteiger partial charge in [0, 0.05) is 43.2 Å².